The number of benzene rings is 2. The van der Waals surface area contributed by atoms with E-state index in [1.54, 1.807) is 6.20 Å². The smallest absolute Gasteiger partial charge is 0.227 e. The number of alkyl halides is 1. The molecule has 0 amide bonds. The SMILES string of the molecule is Cc1ccc(Oc2ncc(CCl)c3ccccc23)cc1. The standard InChI is InChI=1S/C17H14ClNO/c1-12-6-8-14(9-7-12)20-17-16-5-3-2-4-15(16)13(10-18)11-19-17/h2-9,11H,10H2,1H3. The number of ether oxygens (including phenoxy) is 1. The third kappa shape index (κ3) is 2.47. The fourth-order valence-electron chi connectivity index (χ4n) is 2.13. The van der Waals surface area contributed by atoms with Crippen LogP contribution in [0.3, 0.4) is 0 Å². The number of nitrogens with zero attached hydrogens (tertiary/aromatic N) is 1. The third-order valence-electron chi connectivity index (χ3n) is 3.22. The van der Waals surface area contributed by atoms with Gasteiger partial charge in [-0.2, -0.15) is 0 Å². The molecule has 0 N–H and O–H groups in total. The van der Waals surface area contributed by atoms with Gasteiger partial charge < -0.3 is 4.74 Å². The van der Waals surface area contributed by atoms with Crippen LogP contribution in [-0.2, 0) is 5.88 Å². The number of pyridine rings is 1. The van der Waals surface area contributed by atoms with Gasteiger partial charge in [0.25, 0.3) is 0 Å². The topological polar surface area (TPSA) is 22.1 Å². The molecule has 20 heavy (non-hydrogen) atoms. The predicted octanol–water partition coefficient (Wildman–Crippen LogP) is 5.07. The van der Waals surface area contributed by atoms with Crippen molar-refractivity contribution in [1.29, 1.82) is 0 Å². The molecule has 0 aliphatic carbocycles. The van der Waals surface area contributed by atoms with Crippen LogP contribution in [0.1, 0.15) is 11.1 Å². The molecule has 0 radical (unpaired) electrons. The second kappa shape index (κ2) is 5.51. The maximum Gasteiger partial charge on any atom is 0.227 e. The maximum absolute atomic E-state index is 5.96. The molecule has 0 saturated carbocycles. The van der Waals surface area contributed by atoms with E-state index in [0.29, 0.717) is 11.8 Å². The Morgan fingerprint density at radius 1 is 1.00 bits per heavy atom. The van der Waals surface area contributed by atoms with E-state index < -0.39 is 0 Å². The van der Waals surface area contributed by atoms with Crippen molar-refractivity contribution in [3.05, 3.63) is 65.9 Å². The first-order chi connectivity index (χ1) is 9.78. The summed E-state index contributed by atoms with van der Waals surface area (Å²) in [6, 6.07) is 15.9. The summed E-state index contributed by atoms with van der Waals surface area (Å²) in [4.78, 5) is 4.39. The summed E-state index contributed by atoms with van der Waals surface area (Å²) in [6.07, 6.45) is 1.78. The summed E-state index contributed by atoms with van der Waals surface area (Å²) in [5.74, 6) is 1.84. The zero-order valence-electron chi connectivity index (χ0n) is 11.1. The molecule has 3 rings (SSSR count). The number of hydrogen-bond acceptors (Lipinski definition) is 2. The maximum atomic E-state index is 5.96. The van der Waals surface area contributed by atoms with Crippen molar-refractivity contribution in [2.24, 2.45) is 0 Å². The van der Waals surface area contributed by atoms with Crippen molar-refractivity contribution in [2.45, 2.75) is 12.8 Å². The Morgan fingerprint density at radius 3 is 2.40 bits per heavy atom. The molecule has 0 bridgehead atoms. The van der Waals surface area contributed by atoms with Gasteiger partial charge >= 0.3 is 0 Å². The highest BCUT2D eigenvalue weighted by Gasteiger charge is 2.08. The van der Waals surface area contributed by atoms with Gasteiger partial charge in [-0.1, -0.05) is 35.9 Å². The van der Waals surface area contributed by atoms with Crippen molar-refractivity contribution in [2.75, 3.05) is 0 Å². The summed E-state index contributed by atoms with van der Waals surface area (Å²) in [7, 11) is 0. The van der Waals surface area contributed by atoms with Gasteiger partial charge in [0.05, 0.1) is 0 Å². The van der Waals surface area contributed by atoms with Crippen LogP contribution >= 0.6 is 11.6 Å². The molecule has 100 valence electrons. The third-order valence-corrected chi connectivity index (χ3v) is 3.51. The molecule has 0 aliphatic heterocycles. The van der Waals surface area contributed by atoms with Gasteiger partial charge in [-0.3, -0.25) is 0 Å². The first-order valence-corrected chi connectivity index (χ1v) is 6.98. The monoisotopic (exact) mass is 283 g/mol. The quantitative estimate of drug-likeness (QED) is 0.626. The zero-order valence-corrected chi connectivity index (χ0v) is 11.9. The minimum absolute atomic E-state index is 0.443. The van der Waals surface area contributed by atoms with E-state index in [1.165, 1.54) is 5.56 Å². The Balaban J connectivity index is 2.06. The molecular weight excluding hydrogens is 270 g/mol. The second-order valence-electron chi connectivity index (χ2n) is 4.68. The fraction of sp³-hybridized carbons (Fsp3) is 0.118. The van der Waals surface area contributed by atoms with E-state index in [1.807, 2.05) is 55.5 Å². The van der Waals surface area contributed by atoms with Crippen LogP contribution in [-0.4, -0.2) is 4.98 Å². The summed E-state index contributed by atoms with van der Waals surface area (Å²) >= 11 is 5.96. The van der Waals surface area contributed by atoms with E-state index in [0.717, 1.165) is 22.1 Å². The molecule has 3 heteroatoms. The number of halogens is 1. The van der Waals surface area contributed by atoms with Gasteiger partial charge in [0.1, 0.15) is 5.75 Å². The number of aryl methyl sites for hydroxylation is 1. The van der Waals surface area contributed by atoms with Gasteiger partial charge in [-0.15, -0.1) is 11.6 Å². The van der Waals surface area contributed by atoms with Crippen LogP contribution in [0.15, 0.2) is 54.7 Å². The molecule has 2 nitrogen and oxygen atoms in total. The first kappa shape index (κ1) is 12.9. The molecule has 1 heterocycles. The van der Waals surface area contributed by atoms with Crippen LogP contribution in [0.5, 0.6) is 11.6 Å². The Kier molecular flexibility index (Phi) is 3.57. The van der Waals surface area contributed by atoms with Gasteiger partial charge in [-0.25, -0.2) is 4.98 Å². The minimum Gasteiger partial charge on any atom is -0.438 e. The zero-order chi connectivity index (χ0) is 13.9. The minimum atomic E-state index is 0.443. The van der Waals surface area contributed by atoms with E-state index in [4.69, 9.17) is 16.3 Å². The first-order valence-electron chi connectivity index (χ1n) is 6.45. The van der Waals surface area contributed by atoms with E-state index in [2.05, 4.69) is 4.98 Å². The predicted molar refractivity (Wildman–Crippen MR) is 82.6 cm³/mol. The van der Waals surface area contributed by atoms with E-state index in [-0.39, 0.29) is 0 Å². The summed E-state index contributed by atoms with van der Waals surface area (Å²) in [5, 5.41) is 2.06. The van der Waals surface area contributed by atoms with Gasteiger partial charge in [0, 0.05) is 17.5 Å². The number of fused-ring (bicyclic) bond motifs is 1. The molecule has 1 aromatic heterocycles. The number of hydrogen-bond donors (Lipinski definition) is 0. The fourth-order valence-corrected chi connectivity index (χ4v) is 2.34. The van der Waals surface area contributed by atoms with Crippen molar-refractivity contribution >= 4 is 22.4 Å². The molecule has 0 atom stereocenters. The highest BCUT2D eigenvalue weighted by atomic mass is 35.5. The molecule has 0 aliphatic rings. The van der Waals surface area contributed by atoms with Crippen molar-refractivity contribution in [3.63, 3.8) is 0 Å². The van der Waals surface area contributed by atoms with Crippen molar-refractivity contribution < 1.29 is 4.74 Å². The average Bonchev–Trinajstić information content (AvgIpc) is 2.50. The summed E-state index contributed by atoms with van der Waals surface area (Å²) in [5.41, 5.74) is 2.21. The Labute approximate surface area is 123 Å². The van der Waals surface area contributed by atoms with Gasteiger partial charge in [0.2, 0.25) is 5.88 Å². The molecular formula is C17H14ClNO. The van der Waals surface area contributed by atoms with E-state index in [9.17, 15) is 0 Å². The summed E-state index contributed by atoms with van der Waals surface area (Å²) in [6.45, 7) is 2.05. The van der Waals surface area contributed by atoms with Crippen LogP contribution in [0.2, 0.25) is 0 Å². The second-order valence-corrected chi connectivity index (χ2v) is 4.95. The average molecular weight is 284 g/mol. The van der Waals surface area contributed by atoms with Gasteiger partial charge in [0.15, 0.2) is 0 Å². The van der Waals surface area contributed by atoms with E-state index >= 15 is 0 Å². The lowest BCUT2D eigenvalue weighted by molar-refractivity contribution is 0.469. The van der Waals surface area contributed by atoms with Crippen molar-refractivity contribution in [1.82, 2.24) is 4.98 Å². The van der Waals surface area contributed by atoms with Crippen LogP contribution in [0.4, 0.5) is 0 Å². The molecule has 0 saturated heterocycles. The number of rotatable bonds is 3. The van der Waals surface area contributed by atoms with Crippen LogP contribution in [0.25, 0.3) is 10.8 Å². The normalized spacial score (nSPS) is 10.7. The molecule has 0 unspecified atom stereocenters. The van der Waals surface area contributed by atoms with Gasteiger partial charge in [-0.05, 0) is 36.1 Å². The van der Waals surface area contributed by atoms with Crippen LogP contribution < -0.4 is 4.74 Å². The lowest BCUT2D eigenvalue weighted by atomic mass is 10.1. The van der Waals surface area contributed by atoms with Crippen molar-refractivity contribution in [3.8, 4) is 11.6 Å². The highest BCUT2D eigenvalue weighted by Crippen LogP contribution is 2.30. The largest absolute Gasteiger partial charge is 0.438 e. The Morgan fingerprint density at radius 2 is 1.70 bits per heavy atom. The highest BCUT2D eigenvalue weighted by molar-refractivity contribution is 6.18. The molecule has 3 aromatic rings. The lowest BCUT2D eigenvalue weighted by Crippen LogP contribution is -1.92. The molecule has 2 aromatic carbocycles. The lowest BCUT2D eigenvalue weighted by Gasteiger charge is -2.10. The molecule has 0 fully saturated rings. The number of aromatic nitrogens is 1. The summed E-state index contributed by atoms with van der Waals surface area (Å²) < 4.78 is 5.89. The Bertz CT molecular complexity index is 738. The Hall–Kier alpha value is -2.06. The van der Waals surface area contributed by atoms with Crippen LogP contribution in [0, 0.1) is 6.92 Å². The molecule has 0 spiro atoms.